The summed E-state index contributed by atoms with van der Waals surface area (Å²) in [6.07, 6.45) is 0.447. The van der Waals surface area contributed by atoms with Crippen molar-refractivity contribution in [1.29, 1.82) is 0 Å². The Morgan fingerprint density at radius 3 is 2.17 bits per heavy atom. The van der Waals surface area contributed by atoms with Crippen LogP contribution in [0.1, 0.15) is 12.0 Å². The first-order chi connectivity index (χ1) is 11.5. The van der Waals surface area contributed by atoms with Crippen molar-refractivity contribution in [2.75, 3.05) is 19.8 Å². The van der Waals surface area contributed by atoms with Crippen LogP contribution in [-0.4, -0.2) is 24.9 Å². The molecule has 0 spiro atoms. The molecule has 0 radical (unpaired) electrons. The van der Waals surface area contributed by atoms with Crippen LogP contribution >= 0.6 is 34.8 Å². The summed E-state index contributed by atoms with van der Waals surface area (Å²) in [5, 5.41) is 10.6. The highest BCUT2D eigenvalue weighted by molar-refractivity contribution is 6.37. The normalized spacial score (nSPS) is 16.3. The summed E-state index contributed by atoms with van der Waals surface area (Å²) < 4.78 is 17.4. The number of phenolic OH excluding ortho intramolecular Hbond substituents is 1. The third-order valence-electron chi connectivity index (χ3n) is 3.70. The molecule has 128 valence electrons. The molecule has 0 saturated carbocycles. The number of benzene rings is 2. The van der Waals surface area contributed by atoms with E-state index in [1.54, 1.807) is 12.1 Å². The van der Waals surface area contributed by atoms with Gasteiger partial charge in [-0.25, -0.2) is 0 Å². The Labute approximate surface area is 154 Å². The fraction of sp³-hybridized carbons (Fsp3) is 0.294. The lowest BCUT2D eigenvalue weighted by atomic mass is 10.0. The van der Waals surface area contributed by atoms with Crippen LogP contribution in [0.3, 0.4) is 0 Å². The van der Waals surface area contributed by atoms with E-state index < -0.39 is 5.79 Å². The number of phenols is 1. The Kier molecular flexibility index (Phi) is 5.42. The Hall–Kier alpha value is -1.17. The molecule has 1 aliphatic rings. The van der Waals surface area contributed by atoms with Gasteiger partial charge in [0.25, 0.3) is 0 Å². The first-order valence-corrected chi connectivity index (χ1v) is 8.48. The van der Waals surface area contributed by atoms with Crippen LogP contribution in [0.2, 0.25) is 15.1 Å². The predicted octanol–water partition coefficient (Wildman–Crippen LogP) is 5.02. The minimum atomic E-state index is -0.875. The minimum Gasteiger partial charge on any atom is -0.508 e. The largest absolute Gasteiger partial charge is 0.508 e. The molecule has 0 amide bonds. The van der Waals surface area contributed by atoms with Gasteiger partial charge in [-0.05, 0) is 12.1 Å². The van der Waals surface area contributed by atoms with Crippen LogP contribution in [0.5, 0.6) is 11.5 Å². The Bertz CT molecular complexity index is 689. The van der Waals surface area contributed by atoms with Crippen LogP contribution in [0.25, 0.3) is 0 Å². The molecule has 1 heterocycles. The van der Waals surface area contributed by atoms with Gasteiger partial charge in [-0.3, -0.25) is 0 Å². The van der Waals surface area contributed by atoms with Gasteiger partial charge in [0.05, 0.1) is 29.9 Å². The summed E-state index contributed by atoms with van der Waals surface area (Å²) in [6, 6.07) is 10.1. The lowest BCUT2D eigenvalue weighted by Crippen LogP contribution is -2.29. The van der Waals surface area contributed by atoms with Crippen molar-refractivity contribution in [1.82, 2.24) is 0 Å². The van der Waals surface area contributed by atoms with E-state index in [2.05, 4.69) is 0 Å². The Balaban J connectivity index is 1.73. The lowest BCUT2D eigenvalue weighted by molar-refractivity contribution is -0.174. The summed E-state index contributed by atoms with van der Waals surface area (Å²) in [6.45, 7) is 1.28. The van der Waals surface area contributed by atoms with Gasteiger partial charge in [-0.15, -0.1) is 0 Å². The van der Waals surface area contributed by atoms with Crippen LogP contribution < -0.4 is 4.74 Å². The molecule has 1 saturated heterocycles. The van der Waals surface area contributed by atoms with E-state index in [0.29, 0.717) is 30.4 Å². The first-order valence-electron chi connectivity index (χ1n) is 7.35. The van der Waals surface area contributed by atoms with E-state index in [9.17, 15) is 5.11 Å². The summed E-state index contributed by atoms with van der Waals surface area (Å²) in [5.41, 5.74) is 0.871. The quantitative estimate of drug-likeness (QED) is 0.780. The van der Waals surface area contributed by atoms with Crippen LogP contribution in [-0.2, 0) is 15.3 Å². The first kappa shape index (κ1) is 17.6. The number of ether oxygens (including phenoxy) is 3. The zero-order chi connectivity index (χ0) is 17.2. The number of hydrogen-bond acceptors (Lipinski definition) is 4. The van der Waals surface area contributed by atoms with Crippen molar-refractivity contribution in [3.63, 3.8) is 0 Å². The lowest BCUT2D eigenvalue weighted by Gasteiger charge is -2.28. The van der Waals surface area contributed by atoms with Gasteiger partial charge in [-0.1, -0.05) is 46.9 Å². The summed E-state index contributed by atoms with van der Waals surface area (Å²) >= 11 is 18.0. The highest BCUT2D eigenvalue weighted by atomic mass is 35.5. The molecule has 2 aromatic carbocycles. The van der Waals surface area contributed by atoms with Crippen molar-refractivity contribution >= 4 is 34.8 Å². The van der Waals surface area contributed by atoms with Gasteiger partial charge in [0.1, 0.15) is 5.75 Å². The predicted molar refractivity (Wildman–Crippen MR) is 93.3 cm³/mol. The second kappa shape index (κ2) is 7.38. The molecular weight excluding hydrogens is 375 g/mol. The maximum atomic E-state index is 9.45. The molecule has 0 atom stereocenters. The molecule has 1 N–H and O–H groups in total. The molecule has 7 heteroatoms. The van der Waals surface area contributed by atoms with Gasteiger partial charge in [0.15, 0.2) is 11.5 Å². The minimum absolute atomic E-state index is 0.0163. The maximum absolute atomic E-state index is 9.45. The average molecular weight is 390 g/mol. The van der Waals surface area contributed by atoms with Crippen molar-refractivity contribution < 1.29 is 19.3 Å². The molecule has 3 rings (SSSR count). The zero-order valence-electron chi connectivity index (χ0n) is 12.6. The zero-order valence-corrected chi connectivity index (χ0v) is 14.9. The van der Waals surface area contributed by atoms with E-state index in [1.165, 1.54) is 12.1 Å². The Morgan fingerprint density at radius 2 is 1.58 bits per heavy atom. The smallest absolute Gasteiger partial charge is 0.198 e. The number of hydrogen-bond donors (Lipinski definition) is 1. The third kappa shape index (κ3) is 3.73. The van der Waals surface area contributed by atoms with Crippen molar-refractivity contribution in [3.05, 3.63) is 57.0 Å². The number of aromatic hydroxyl groups is 1. The fourth-order valence-corrected chi connectivity index (χ4v) is 3.30. The number of rotatable bonds is 5. The van der Waals surface area contributed by atoms with Gasteiger partial charge in [0.2, 0.25) is 0 Å². The molecular formula is C17H15Cl3O4. The standard InChI is InChI=1S/C17H15Cl3O4/c18-12-3-1-11(2-4-12)17(23-7-8-24-17)5-6-22-16-14(19)9-13(21)10-15(16)20/h1-4,9-10,21H,5-8H2. The Morgan fingerprint density at radius 1 is 1.00 bits per heavy atom. The molecule has 0 aromatic heterocycles. The number of halogens is 3. The van der Waals surface area contributed by atoms with E-state index in [-0.39, 0.29) is 22.4 Å². The highest BCUT2D eigenvalue weighted by Crippen LogP contribution is 2.39. The molecule has 0 bridgehead atoms. The van der Waals surface area contributed by atoms with Crippen molar-refractivity contribution in [2.24, 2.45) is 0 Å². The van der Waals surface area contributed by atoms with E-state index >= 15 is 0 Å². The molecule has 1 aliphatic heterocycles. The average Bonchev–Trinajstić information content (AvgIpc) is 3.00. The molecule has 24 heavy (non-hydrogen) atoms. The van der Waals surface area contributed by atoms with Gasteiger partial charge >= 0.3 is 0 Å². The van der Waals surface area contributed by atoms with Crippen molar-refractivity contribution in [3.8, 4) is 11.5 Å². The van der Waals surface area contributed by atoms with E-state index in [4.69, 9.17) is 49.0 Å². The molecule has 2 aromatic rings. The summed E-state index contributed by atoms with van der Waals surface area (Å²) in [4.78, 5) is 0. The highest BCUT2D eigenvalue weighted by Gasteiger charge is 2.38. The molecule has 4 nitrogen and oxygen atoms in total. The van der Waals surface area contributed by atoms with Crippen LogP contribution in [0, 0.1) is 0 Å². The SMILES string of the molecule is Oc1cc(Cl)c(OCCC2(c3ccc(Cl)cc3)OCCO2)c(Cl)c1. The third-order valence-corrected chi connectivity index (χ3v) is 4.51. The second-order valence-corrected chi connectivity index (χ2v) is 6.54. The van der Waals surface area contributed by atoms with Crippen molar-refractivity contribution in [2.45, 2.75) is 12.2 Å². The van der Waals surface area contributed by atoms with E-state index in [0.717, 1.165) is 5.56 Å². The maximum Gasteiger partial charge on any atom is 0.198 e. The molecule has 0 aliphatic carbocycles. The van der Waals surface area contributed by atoms with Gasteiger partial charge in [-0.2, -0.15) is 0 Å². The van der Waals surface area contributed by atoms with Gasteiger partial charge in [0, 0.05) is 29.1 Å². The fourth-order valence-electron chi connectivity index (χ4n) is 2.59. The van der Waals surface area contributed by atoms with Crippen LogP contribution in [0.4, 0.5) is 0 Å². The summed E-state index contributed by atoms with van der Waals surface area (Å²) in [7, 11) is 0. The second-order valence-electron chi connectivity index (χ2n) is 5.29. The topological polar surface area (TPSA) is 47.9 Å². The molecule has 0 unspecified atom stereocenters. The summed E-state index contributed by atoms with van der Waals surface area (Å²) in [5.74, 6) is -0.571. The molecule has 1 fully saturated rings. The monoisotopic (exact) mass is 388 g/mol. The van der Waals surface area contributed by atoms with Crippen LogP contribution in [0.15, 0.2) is 36.4 Å². The van der Waals surface area contributed by atoms with Gasteiger partial charge < -0.3 is 19.3 Å². The van der Waals surface area contributed by atoms with E-state index in [1.807, 2.05) is 12.1 Å².